The molecular weight excluding hydrogens is 311 g/mol. The molecule has 2 rings (SSSR count). The highest BCUT2D eigenvalue weighted by atomic mass is 35.5. The van der Waals surface area contributed by atoms with Gasteiger partial charge in [0.05, 0.1) is 12.8 Å². The summed E-state index contributed by atoms with van der Waals surface area (Å²) in [6, 6.07) is 5.49. The molecule has 2 aromatic heterocycles. The number of furan rings is 1. The molecule has 0 radical (unpaired) electrons. The normalized spacial score (nSPS) is 11.4. The highest BCUT2D eigenvalue weighted by Crippen LogP contribution is 2.20. The summed E-state index contributed by atoms with van der Waals surface area (Å²) in [6.07, 6.45) is -3.23. The Morgan fingerprint density at radius 1 is 1.29 bits per heavy atom. The Bertz CT molecular complexity index is 599. The third-order valence-electron chi connectivity index (χ3n) is 2.44. The molecule has 2 heterocycles. The molecule has 112 valence electrons. The van der Waals surface area contributed by atoms with Crippen molar-refractivity contribution >= 4 is 17.5 Å². The molecular formula is C12H9ClF3N3O2. The average molecular weight is 320 g/mol. The molecule has 0 bridgehead atoms. The number of carbonyl (C=O) groups excluding carboxylic acids is 1. The zero-order chi connectivity index (χ0) is 15.5. The van der Waals surface area contributed by atoms with Gasteiger partial charge in [0.15, 0.2) is 10.8 Å². The second kappa shape index (κ2) is 6.13. The fourth-order valence-corrected chi connectivity index (χ4v) is 1.70. The number of alkyl halides is 3. The zero-order valence-corrected chi connectivity index (χ0v) is 11.2. The largest absolute Gasteiger partial charge is 0.467 e. The van der Waals surface area contributed by atoms with E-state index >= 15 is 0 Å². The van der Waals surface area contributed by atoms with Crippen LogP contribution in [-0.2, 0) is 6.54 Å². The molecule has 0 aliphatic carbocycles. The Morgan fingerprint density at radius 2 is 2.05 bits per heavy atom. The van der Waals surface area contributed by atoms with E-state index in [0.717, 1.165) is 0 Å². The van der Waals surface area contributed by atoms with Gasteiger partial charge in [0.25, 0.3) is 5.91 Å². The predicted molar refractivity (Wildman–Crippen MR) is 66.5 cm³/mol. The summed E-state index contributed by atoms with van der Waals surface area (Å²) in [7, 11) is 0. The Hall–Kier alpha value is -2.09. The smallest absolute Gasteiger partial charge is 0.406 e. The van der Waals surface area contributed by atoms with Crippen LogP contribution in [0, 0.1) is 0 Å². The topological polar surface area (TPSA) is 59.2 Å². The maximum absolute atomic E-state index is 12.6. The fraction of sp³-hybridized carbons (Fsp3) is 0.250. The lowest BCUT2D eigenvalue weighted by molar-refractivity contribution is -0.142. The van der Waals surface area contributed by atoms with Crippen molar-refractivity contribution in [3.05, 3.63) is 47.1 Å². The standard InChI is InChI=1S/C12H9ClF3N3O2/c13-10-4-3-9(17-18-10)11(20)19(7-12(14,15)16)6-8-2-1-5-21-8/h1-5H,6-7H2. The highest BCUT2D eigenvalue weighted by Gasteiger charge is 2.34. The summed E-state index contributed by atoms with van der Waals surface area (Å²) in [5, 5.41) is 6.97. The van der Waals surface area contributed by atoms with Crippen LogP contribution >= 0.6 is 11.6 Å². The van der Waals surface area contributed by atoms with Crippen molar-refractivity contribution < 1.29 is 22.4 Å². The van der Waals surface area contributed by atoms with E-state index in [4.69, 9.17) is 16.0 Å². The number of carbonyl (C=O) groups is 1. The molecule has 0 N–H and O–H groups in total. The van der Waals surface area contributed by atoms with Gasteiger partial charge < -0.3 is 9.32 Å². The number of hydrogen-bond donors (Lipinski definition) is 0. The molecule has 9 heteroatoms. The highest BCUT2D eigenvalue weighted by molar-refractivity contribution is 6.29. The van der Waals surface area contributed by atoms with Crippen LogP contribution in [0.2, 0.25) is 5.15 Å². The molecule has 0 saturated heterocycles. The van der Waals surface area contributed by atoms with Gasteiger partial charge in [-0.2, -0.15) is 13.2 Å². The van der Waals surface area contributed by atoms with Gasteiger partial charge in [0.2, 0.25) is 0 Å². The van der Waals surface area contributed by atoms with Gasteiger partial charge in [-0.15, -0.1) is 10.2 Å². The average Bonchev–Trinajstić information content (AvgIpc) is 2.89. The Kier molecular flexibility index (Phi) is 4.46. The van der Waals surface area contributed by atoms with Crippen molar-refractivity contribution in [3.63, 3.8) is 0 Å². The van der Waals surface area contributed by atoms with E-state index in [9.17, 15) is 18.0 Å². The van der Waals surface area contributed by atoms with Gasteiger partial charge in [0.1, 0.15) is 12.3 Å². The first-order valence-corrected chi connectivity index (χ1v) is 6.10. The number of aromatic nitrogens is 2. The number of hydrogen-bond acceptors (Lipinski definition) is 4. The first-order valence-electron chi connectivity index (χ1n) is 5.73. The molecule has 0 aliphatic rings. The van der Waals surface area contributed by atoms with Crippen LogP contribution in [0.25, 0.3) is 0 Å². The predicted octanol–water partition coefficient (Wildman–Crippen LogP) is 2.93. The van der Waals surface area contributed by atoms with Crippen LogP contribution in [0.4, 0.5) is 13.2 Å². The summed E-state index contributed by atoms with van der Waals surface area (Å²) >= 11 is 5.52. The van der Waals surface area contributed by atoms with Gasteiger partial charge in [-0.3, -0.25) is 4.79 Å². The van der Waals surface area contributed by atoms with Gasteiger partial charge in [-0.1, -0.05) is 11.6 Å². The lowest BCUT2D eigenvalue weighted by Crippen LogP contribution is -2.38. The SMILES string of the molecule is O=C(c1ccc(Cl)nn1)N(Cc1ccco1)CC(F)(F)F. The van der Waals surface area contributed by atoms with Crippen LogP contribution in [-0.4, -0.2) is 33.7 Å². The van der Waals surface area contributed by atoms with Crippen molar-refractivity contribution in [2.75, 3.05) is 6.54 Å². The number of rotatable bonds is 4. The summed E-state index contributed by atoms with van der Waals surface area (Å²) in [4.78, 5) is 12.7. The van der Waals surface area contributed by atoms with Gasteiger partial charge in [-0.25, -0.2) is 0 Å². The minimum atomic E-state index is -4.54. The molecule has 0 spiro atoms. The number of nitrogens with zero attached hydrogens (tertiary/aromatic N) is 3. The van der Waals surface area contributed by atoms with Crippen molar-refractivity contribution in [2.24, 2.45) is 0 Å². The van der Waals surface area contributed by atoms with E-state index in [1.807, 2.05) is 0 Å². The maximum atomic E-state index is 12.6. The van der Waals surface area contributed by atoms with Crippen LogP contribution < -0.4 is 0 Å². The second-order valence-electron chi connectivity index (χ2n) is 4.10. The van der Waals surface area contributed by atoms with Crippen LogP contribution in [0.15, 0.2) is 34.9 Å². The molecule has 2 aromatic rings. The maximum Gasteiger partial charge on any atom is 0.406 e. The molecule has 0 unspecified atom stereocenters. The van der Waals surface area contributed by atoms with Gasteiger partial charge >= 0.3 is 6.18 Å². The van der Waals surface area contributed by atoms with E-state index in [1.54, 1.807) is 0 Å². The monoisotopic (exact) mass is 319 g/mol. The van der Waals surface area contributed by atoms with Crippen molar-refractivity contribution in [1.82, 2.24) is 15.1 Å². The van der Waals surface area contributed by atoms with E-state index in [-0.39, 0.29) is 23.2 Å². The lowest BCUT2D eigenvalue weighted by Gasteiger charge is -2.22. The second-order valence-corrected chi connectivity index (χ2v) is 4.48. The summed E-state index contributed by atoms with van der Waals surface area (Å²) in [5.74, 6) is -0.678. The molecule has 5 nitrogen and oxygen atoms in total. The van der Waals surface area contributed by atoms with Crippen molar-refractivity contribution in [3.8, 4) is 0 Å². The van der Waals surface area contributed by atoms with E-state index in [2.05, 4.69) is 10.2 Å². The molecule has 0 saturated carbocycles. The fourth-order valence-electron chi connectivity index (χ4n) is 1.60. The molecule has 1 amide bonds. The number of amides is 1. The molecule has 21 heavy (non-hydrogen) atoms. The van der Waals surface area contributed by atoms with Gasteiger partial charge in [0, 0.05) is 0 Å². The molecule has 0 aliphatic heterocycles. The third kappa shape index (κ3) is 4.45. The summed E-state index contributed by atoms with van der Waals surface area (Å²) in [5.41, 5.74) is -0.227. The van der Waals surface area contributed by atoms with Crippen LogP contribution in [0.5, 0.6) is 0 Å². The summed E-state index contributed by atoms with van der Waals surface area (Å²) in [6.45, 7) is -1.74. The Balaban J connectivity index is 2.21. The molecule has 0 aromatic carbocycles. The van der Waals surface area contributed by atoms with E-state index in [1.165, 1.54) is 30.5 Å². The molecule has 0 atom stereocenters. The van der Waals surface area contributed by atoms with E-state index in [0.29, 0.717) is 4.90 Å². The van der Waals surface area contributed by atoms with Crippen LogP contribution in [0.1, 0.15) is 16.2 Å². The van der Waals surface area contributed by atoms with Gasteiger partial charge in [-0.05, 0) is 24.3 Å². The Morgan fingerprint density at radius 3 is 2.57 bits per heavy atom. The number of halogens is 4. The first-order chi connectivity index (χ1) is 9.85. The quantitative estimate of drug-likeness (QED) is 0.869. The minimum Gasteiger partial charge on any atom is -0.467 e. The van der Waals surface area contributed by atoms with Crippen molar-refractivity contribution in [2.45, 2.75) is 12.7 Å². The summed E-state index contributed by atoms with van der Waals surface area (Å²) < 4.78 is 42.7. The Labute approximate surface area is 122 Å². The van der Waals surface area contributed by atoms with Crippen molar-refractivity contribution in [1.29, 1.82) is 0 Å². The molecule has 0 fully saturated rings. The lowest BCUT2D eigenvalue weighted by atomic mass is 10.3. The van der Waals surface area contributed by atoms with E-state index < -0.39 is 18.6 Å². The first kappa shape index (κ1) is 15.3. The minimum absolute atomic E-state index is 0.0416. The zero-order valence-electron chi connectivity index (χ0n) is 10.5. The van der Waals surface area contributed by atoms with Crippen LogP contribution in [0.3, 0.4) is 0 Å². The third-order valence-corrected chi connectivity index (χ3v) is 2.64.